The van der Waals surface area contributed by atoms with Crippen molar-refractivity contribution in [2.45, 2.75) is 57.9 Å². The Kier molecular flexibility index (Phi) is 7.16. The maximum atomic E-state index is 10.9. The SMILES string of the molecule is CCC/C(=N\OC)C1CCN(C2CCCN(C=O)CC2)CC1. The van der Waals surface area contributed by atoms with E-state index in [0.29, 0.717) is 12.0 Å². The van der Waals surface area contributed by atoms with E-state index in [1.807, 2.05) is 4.90 Å². The second-order valence-electron chi connectivity index (χ2n) is 6.55. The molecule has 0 radical (unpaired) electrons. The van der Waals surface area contributed by atoms with Gasteiger partial charge in [0.25, 0.3) is 0 Å². The largest absolute Gasteiger partial charge is 0.399 e. The molecular weight excluding hydrogens is 278 g/mol. The Morgan fingerprint density at radius 3 is 2.59 bits per heavy atom. The number of hydrogen-bond acceptors (Lipinski definition) is 4. The molecule has 1 unspecified atom stereocenters. The maximum Gasteiger partial charge on any atom is 0.209 e. The molecular formula is C17H31N3O2. The molecule has 0 aromatic rings. The second kappa shape index (κ2) is 9.13. The Balaban J connectivity index is 1.83. The molecule has 126 valence electrons. The van der Waals surface area contributed by atoms with Crippen LogP contribution in [0.2, 0.25) is 0 Å². The number of nitrogens with zero attached hydrogens (tertiary/aromatic N) is 3. The zero-order valence-corrected chi connectivity index (χ0v) is 14.2. The highest BCUT2D eigenvalue weighted by Crippen LogP contribution is 2.26. The summed E-state index contributed by atoms with van der Waals surface area (Å²) >= 11 is 0. The first-order valence-corrected chi connectivity index (χ1v) is 8.81. The normalized spacial score (nSPS) is 25.8. The smallest absolute Gasteiger partial charge is 0.209 e. The number of piperidine rings is 1. The molecule has 5 nitrogen and oxygen atoms in total. The van der Waals surface area contributed by atoms with Gasteiger partial charge >= 0.3 is 0 Å². The average molecular weight is 309 g/mol. The van der Waals surface area contributed by atoms with Gasteiger partial charge in [0.05, 0.1) is 5.71 Å². The van der Waals surface area contributed by atoms with Gasteiger partial charge in [0.15, 0.2) is 0 Å². The molecule has 2 fully saturated rings. The summed E-state index contributed by atoms with van der Waals surface area (Å²) in [6.07, 6.45) is 9.05. The van der Waals surface area contributed by atoms with E-state index in [4.69, 9.17) is 4.84 Å². The van der Waals surface area contributed by atoms with E-state index in [1.165, 1.54) is 25.0 Å². The standard InChI is InChI=1S/C17H31N3O2/c1-3-5-17(18-22-2)15-7-12-20(13-8-15)16-6-4-10-19(14-21)11-9-16/h14-16H,3-13H2,1-2H3/b18-17+. The number of oxime groups is 1. The predicted molar refractivity (Wildman–Crippen MR) is 88.9 cm³/mol. The first kappa shape index (κ1) is 17.3. The van der Waals surface area contributed by atoms with Crippen LogP contribution in [-0.2, 0) is 9.63 Å². The lowest BCUT2D eigenvalue weighted by atomic mass is 9.88. The van der Waals surface area contributed by atoms with Crippen molar-refractivity contribution in [3.63, 3.8) is 0 Å². The molecule has 2 saturated heterocycles. The number of amides is 1. The molecule has 1 amide bonds. The number of likely N-dealkylation sites (tertiary alicyclic amines) is 2. The maximum absolute atomic E-state index is 10.9. The summed E-state index contributed by atoms with van der Waals surface area (Å²) in [7, 11) is 1.65. The molecule has 2 rings (SSSR count). The third-order valence-electron chi connectivity index (χ3n) is 5.11. The minimum Gasteiger partial charge on any atom is -0.399 e. The van der Waals surface area contributed by atoms with Crippen LogP contribution in [0.15, 0.2) is 5.16 Å². The van der Waals surface area contributed by atoms with E-state index in [-0.39, 0.29) is 0 Å². The Morgan fingerprint density at radius 2 is 1.95 bits per heavy atom. The number of carbonyl (C=O) groups is 1. The van der Waals surface area contributed by atoms with Crippen LogP contribution in [0.25, 0.3) is 0 Å². The highest BCUT2D eigenvalue weighted by Gasteiger charge is 2.28. The lowest BCUT2D eigenvalue weighted by Gasteiger charge is -2.37. The molecule has 0 bridgehead atoms. The molecule has 0 aromatic heterocycles. The Morgan fingerprint density at radius 1 is 1.18 bits per heavy atom. The minimum absolute atomic E-state index is 0.591. The van der Waals surface area contributed by atoms with Crippen molar-refractivity contribution in [2.24, 2.45) is 11.1 Å². The van der Waals surface area contributed by atoms with Gasteiger partial charge in [0.2, 0.25) is 6.41 Å². The van der Waals surface area contributed by atoms with Crippen LogP contribution in [0.3, 0.4) is 0 Å². The second-order valence-corrected chi connectivity index (χ2v) is 6.55. The molecule has 0 saturated carbocycles. The zero-order valence-electron chi connectivity index (χ0n) is 14.2. The fourth-order valence-corrected chi connectivity index (χ4v) is 3.87. The van der Waals surface area contributed by atoms with Crippen molar-refractivity contribution >= 4 is 12.1 Å². The fraction of sp³-hybridized carbons (Fsp3) is 0.882. The molecule has 5 heteroatoms. The summed E-state index contributed by atoms with van der Waals surface area (Å²) < 4.78 is 0. The molecule has 2 aliphatic rings. The van der Waals surface area contributed by atoms with E-state index in [2.05, 4.69) is 17.0 Å². The first-order valence-electron chi connectivity index (χ1n) is 8.81. The van der Waals surface area contributed by atoms with E-state index < -0.39 is 0 Å². The Hall–Kier alpha value is -1.10. The number of hydrogen-bond donors (Lipinski definition) is 0. The van der Waals surface area contributed by atoms with Crippen LogP contribution in [0, 0.1) is 5.92 Å². The van der Waals surface area contributed by atoms with Gasteiger partial charge in [-0.15, -0.1) is 0 Å². The topological polar surface area (TPSA) is 45.1 Å². The van der Waals surface area contributed by atoms with Crippen LogP contribution in [0.5, 0.6) is 0 Å². The van der Waals surface area contributed by atoms with Gasteiger partial charge in [-0.3, -0.25) is 4.79 Å². The van der Waals surface area contributed by atoms with Crippen LogP contribution >= 0.6 is 0 Å². The highest BCUT2D eigenvalue weighted by molar-refractivity contribution is 5.86. The van der Waals surface area contributed by atoms with Crippen LogP contribution in [0.1, 0.15) is 51.9 Å². The summed E-state index contributed by atoms with van der Waals surface area (Å²) in [5, 5.41) is 4.26. The lowest BCUT2D eigenvalue weighted by Crippen LogP contribution is -2.43. The minimum atomic E-state index is 0.591. The Labute approximate surface area is 134 Å². The zero-order chi connectivity index (χ0) is 15.8. The summed E-state index contributed by atoms with van der Waals surface area (Å²) in [4.78, 5) is 20.5. The lowest BCUT2D eigenvalue weighted by molar-refractivity contribution is -0.118. The molecule has 0 spiro atoms. The van der Waals surface area contributed by atoms with Crippen molar-refractivity contribution in [1.29, 1.82) is 0 Å². The van der Waals surface area contributed by atoms with Crippen molar-refractivity contribution in [3.05, 3.63) is 0 Å². The van der Waals surface area contributed by atoms with Crippen molar-refractivity contribution in [1.82, 2.24) is 9.80 Å². The van der Waals surface area contributed by atoms with Crippen LogP contribution < -0.4 is 0 Å². The monoisotopic (exact) mass is 309 g/mol. The van der Waals surface area contributed by atoms with E-state index in [0.717, 1.165) is 58.3 Å². The van der Waals surface area contributed by atoms with Crippen LogP contribution in [-0.4, -0.2) is 61.3 Å². The summed E-state index contributed by atoms with van der Waals surface area (Å²) in [5.74, 6) is 0.591. The fourth-order valence-electron chi connectivity index (χ4n) is 3.87. The summed E-state index contributed by atoms with van der Waals surface area (Å²) in [6.45, 7) is 6.36. The molecule has 2 aliphatic heterocycles. The van der Waals surface area contributed by atoms with Gasteiger partial charge in [-0.1, -0.05) is 18.5 Å². The van der Waals surface area contributed by atoms with Gasteiger partial charge in [0, 0.05) is 25.0 Å². The first-order chi connectivity index (χ1) is 10.8. The summed E-state index contributed by atoms with van der Waals surface area (Å²) in [6, 6.07) is 0.653. The molecule has 1 atom stereocenters. The molecule has 0 aliphatic carbocycles. The van der Waals surface area contributed by atoms with E-state index >= 15 is 0 Å². The van der Waals surface area contributed by atoms with Crippen molar-refractivity contribution in [2.75, 3.05) is 33.3 Å². The summed E-state index contributed by atoms with van der Waals surface area (Å²) in [5.41, 5.74) is 1.25. The predicted octanol–water partition coefficient (Wildman–Crippen LogP) is 2.51. The van der Waals surface area contributed by atoms with Gasteiger partial charge < -0.3 is 14.6 Å². The van der Waals surface area contributed by atoms with Gasteiger partial charge in [-0.05, 0) is 51.6 Å². The van der Waals surface area contributed by atoms with Crippen molar-refractivity contribution < 1.29 is 9.63 Å². The number of carbonyl (C=O) groups excluding carboxylic acids is 1. The van der Waals surface area contributed by atoms with Gasteiger partial charge in [-0.25, -0.2) is 0 Å². The van der Waals surface area contributed by atoms with E-state index in [1.54, 1.807) is 7.11 Å². The molecule has 0 N–H and O–H groups in total. The van der Waals surface area contributed by atoms with Crippen molar-refractivity contribution in [3.8, 4) is 0 Å². The van der Waals surface area contributed by atoms with E-state index in [9.17, 15) is 4.79 Å². The van der Waals surface area contributed by atoms with Gasteiger partial charge in [-0.2, -0.15) is 0 Å². The average Bonchev–Trinajstić information content (AvgIpc) is 2.80. The van der Waals surface area contributed by atoms with Gasteiger partial charge in [0.1, 0.15) is 7.11 Å². The molecule has 0 aromatic carbocycles. The third kappa shape index (κ3) is 4.70. The highest BCUT2D eigenvalue weighted by atomic mass is 16.6. The third-order valence-corrected chi connectivity index (χ3v) is 5.11. The van der Waals surface area contributed by atoms with Crippen LogP contribution in [0.4, 0.5) is 0 Å². The Bertz CT molecular complexity index is 365. The molecule has 2 heterocycles. The quantitative estimate of drug-likeness (QED) is 0.430. The number of rotatable bonds is 6. The molecule has 22 heavy (non-hydrogen) atoms.